The predicted molar refractivity (Wildman–Crippen MR) is 30.2 cm³/mol. The Bertz CT molecular complexity index is 53.0. The van der Waals surface area contributed by atoms with E-state index in [-0.39, 0.29) is 0 Å². The van der Waals surface area contributed by atoms with Gasteiger partial charge in [0.1, 0.15) is 0 Å². The van der Waals surface area contributed by atoms with Gasteiger partial charge in [-0.15, -0.1) is 0 Å². The molecule has 0 heterocycles. The van der Waals surface area contributed by atoms with Crippen molar-refractivity contribution in [3.05, 3.63) is 0 Å². The number of hydrogen-bond donors (Lipinski definition) is 0. The molecule has 0 aromatic rings. The summed E-state index contributed by atoms with van der Waals surface area (Å²) in [6, 6.07) is 0. The monoisotopic (exact) mass is 216 g/mol. The Morgan fingerprint density at radius 2 is 1.20 bits per heavy atom. The molecule has 0 aliphatic rings. The van der Waals surface area contributed by atoms with Gasteiger partial charge in [0.15, 0.2) is 0 Å². The summed E-state index contributed by atoms with van der Waals surface area (Å²) in [5, 5.41) is 0. The van der Waals surface area contributed by atoms with Crippen molar-refractivity contribution in [2.24, 2.45) is 0 Å². The molecule has 0 amide bonds. The Morgan fingerprint density at radius 3 is 1.20 bits per heavy atom. The first-order valence-electron chi connectivity index (χ1n) is 0.690. The van der Waals surface area contributed by atoms with Crippen LogP contribution in [0.4, 0.5) is 0 Å². The first kappa shape index (κ1) is 6.82. The normalized spacial score (nSPS) is 11.8. The molecule has 0 nitrogen and oxygen atoms in total. The van der Waals surface area contributed by atoms with Crippen molar-refractivity contribution in [3.8, 4) is 0 Å². The second kappa shape index (κ2) is 2.21. The maximum atomic E-state index is 5.12. The van der Waals surface area contributed by atoms with E-state index in [9.17, 15) is 0 Å². The number of rotatable bonds is 0. The van der Waals surface area contributed by atoms with Crippen molar-refractivity contribution < 1.29 is 0 Å². The molecule has 0 fully saturated rings. The van der Waals surface area contributed by atoms with E-state index in [0.29, 0.717) is 0 Å². The fraction of sp³-hybridized carbons (Fsp3) is 0. The van der Waals surface area contributed by atoms with Crippen molar-refractivity contribution in [3.63, 3.8) is 0 Å². The van der Waals surface area contributed by atoms with E-state index in [1.54, 1.807) is 0 Å². The Labute approximate surface area is 52.4 Å². The summed E-state index contributed by atoms with van der Waals surface area (Å²) in [4.78, 5) is 0. The molecule has 0 N–H and O–H groups in total. The third kappa shape index (κ3) is 25.6. The van der Waals surface area contributed by atoms with Crippen LogP contribution in [0.2, 0.25) is 0 Å². The summed E-state index contributed by atoms with van der Waals surface area (Å²) >= 11 is 17.7. The van der Waals surface area contributed by atoms with E-state index in [1.807, 2.05) is 0 Å². The van der Waals surface area contributed by atoms with Gasteiger partial charge in [-0.05, 0) is 0 Å². The van der Waals surface area contributed by atoms with Gasteiger partial charge < -0.3 is 0 Å². The quantitative estimate of drug-likeness (QED) is 0.431. The molecule has 0 bridgehead atoms. The van der Waals surface area contributed by atoms with Crippen LogP contribution in [0.25, 0.3) is 0 Å². The van der Waals surface area contributed by atoms with E-state index >= 15 is 0 Å². The zero-order valence-electron chi connectivity index (χ0n) is 1.99. The van der Waals surface area contributed by atoms with E-state index in [1.165, 1.54) is 0 Å². The van der Waals surface area contributed by atoms with Crippen molar-refractivity contribution in [1.29, 1.82) is 0 Å². The van der Waals surface area contributed by atoms with Gasteiger partial charge in [-0.2, -0.15) is 0 Å². The molecule has 32 valence electrons. The molecule has 0 radical (unpaired) electrons. The van der Waals surface area contributed by atoms with Gasteiger partial charge >= 0.3 is 52.4 Å². The predicted octanol–water partition coefficient (Wildman–Crippen LogP) is 2.55. The molecule has 0 saturated carbocycles. The Hall–Kier alpha value is 1.82. The van der Waals surface area contributed by atoms with Crippen molar-refractivity contribution in [2.75, 3.05) is 0 Å². The zero-order chi connectivity index (χ0) is 4.50. The molecular weight excluding hydrogens is 216 g/mol. The molecule has 0 aromatic heterocycles. The van der Waals surface area contributed by atoms with Crippen LogP contribution >= 0.6 is 37.3 Å². The van der Waals surface area contributed by atoms with Crippen molar-refractivity contribution in [1.82, 2.24) is 0 Å². The summed E-state index contributed by atoms with van der Waals surface area (Å²) in [6.45, 7) is 0. The molecule has 0 aromatic carbocycles. The fourth-order valence-corrected chi connectivity index (χ4v) is 0. The molecule has 0 spiro atoms. The van der Waals surface area contributed by atoms with E-state index in [4.69, 9.17) is 33.7 Å². The molecule has 5 heavy (non-hydrogen) atoms. The van der Waals surface area contributed by atoms with E-state index < -0.39 is 3.57 Å². The number of halogens is 3. The van der Waals surface area contributed by atoms with Gasteiger partial charge in [-0.3, -0.25) is 0 Å². The molecule has 0 atom stereocenters. The third-order valence-corrected chi connectivity index (χ3v) is 0. The molecular formula is Cl3PSe. The molecule has 0 aliphatic carbocycles. The number of hydrogen-bond acceptors (Lipinski definition) is 0. The van der Waals surface area contributed by atoms with Crippen molar-refractivity contribution in [2.45, 2.75) is 0 Å². The first-order valence-corrected chi connectivity index (χ1v) is 7.41. The first-order chi connectivity index (χ1) is 2.00. The minimum absolute atomic E-state index is 2.10. The van der Waals surface area contributed by atoms with Gasteiger partial charge in [0.25, 0.3) is 0 Å². The van der Waals surface area contributed by atoms with Gasteiger partial charge in [-0.25, -0.2) is 0 Å². The van der Waals surface area contributed by atoms with Crippen LogP contribution in [-0.4, -0.2) is 15.1 Å². The summed E-state index contributed by atoms with van der Waals surface area (Å²) in [7, 11) is 0. The molecule has 0 saturated heterocycles. The van der Waals surface area contributed by atoms with Crippen LogP contribution in [0, 0.1) is 0 Å². The molecule has 5 heteroatoms. The van der Waals surface area contributed by atoms with Crippen LogP contribution in [0.15, 0.2) is 0 Å². The summed E-state index contributed by atoms with van der Waals surface area (Å²) in [5.41, 5.74) is 0. The SMILES string of the molecule is ClP(Cl)(Cl)=[Se]. The minimum atomic E-state index is -2.10. The van der Waals surface area contributed by atoms with Crippen molar-refractivity contribution >= 4 is 52.4 Å². The molecule has 0 rings (SSSR count). The molecule has 0 unspecified atom stereocenters. The van der Waals surface area contributed by atoms with Crippen LogP contribution in [0.1, 0.15) is 0 Å². The van der Waals surface area contributed by atoms with Crippen LogP contribution in [-0.2, 0) is 0 Å². The Balaban J connectivity index is 3.47. The zero-order valence-corrected chi connectivity index (χ0v) is 6.86. The topological polar surface area (TPSA) is 0 Å². The fourth-order valence-electron chi connectivity index (χ4n) is 0. The Morgan fingerprint density at radius 1 is 1.20 bits per heavy atom. The Kier molecular flexibility index (Phi) is 3.02. The van der Waals surface area contributed by atoms with Crippen LogP contribution < -0.4 is 0 Å². The second-order valence-corrected chi connectivity index (χ2v) is 14.9. The second-order valence-electron chi connectivity index (χ2n) is 0.399. The summed E-state index contributed by atoms with van der Waals surface area (Å²) in [5.74, 6) is 0. The van der Waals surface area contributed by atoms with Gasteiger partial charge in [0.2, 0.25) is 0 Å². The van der Waals surface area contributed by atoms with Crippen LogP contribution in [0.3, 0.4) is 0 Å². The van der Waals surface area contributed by atoms with Crippen LogP contribution in [0.5, 0.6) is 0 Å². The van der Waals surface area contributed by atoms with Gasteiger partial charge in [0.05, 0.1) is 0 Å². The summed E-state index contributed by atoms with van der Waals surface area (Å²) in [6.07, 6.45) is 0. The van der Waals surface area contributed by atoms with E-state index in [2.05, 4.69) is 15.1 Å². The average molecular weight is 216 g/mol. The van der Waals surface area contributed by atoms with Gasteiger partial charge in [0, 0.05) is 0 Å². The van der Waals surface area contributed by atoms with E-state index in [0.717, 1.165) is 0 Å². The molecule has 0 aliphatic heterocycles. The third-order valence-electron chi connectivity index (χ3n) is 0. The maximum absolute atomic E-state index is 5.12. The average Bonchev–Trinajstić information content (AvgIpc) is 0.722. The van der Waals surface area contributed by atoms with Gasteiger partial charge in [-0.1, -0.05) is 0 Å². The summed E-state index contributed by atoms with van der Waals surface area (Å²) < 4.78 is -2.10. The standard InChI is InChI=1S/Cl3PSe/c1-4(2,3)5.